The lowest BCUT2D eigenvalue weighted by Crippen LogP contribution is -2.17. The van der Waals surface area contributed by atoms with Gasteiger partial charge in [0.15, 0.2) is 0 Å². The van der Waals surface area contributed by atoms with Crippen molar-refractivity contribution >= 4 is 51.9 Å². The third-order valence-corrected chi connectivity index (χ3v) is 5.16. The maximum Gasteiger partial charge on any atom is 0.263 e. The molecular formula is C19H16ClNO3S2. The van der Waals surface area contributed by atoms with Crippen molar-refractivity contribution in [2.45, 2.75) is 6.92 Å². The highest BCUT2D eigenvalue weighted by atomic mass is 35.5. The first kappa shape index (κ1) is 18.8. The molecule has 1 heterocycles. The average molecular weight is 406 g/mol. The van der Waals surface area contributed by atoms with Crippen molar-refractivity contribution in [1.29, 1.82) is 0 Å². The van der Waals surface area contributed by atoms with Gasteiger partial charge in [-0.05, 0) is 54.5 Å². The van der Waals surface area contributed by atoms with E-state index in [1.807, 2.05) is 49.4 Å². The molecule has 0 atom stereocenters. The summed E-state index contributed by atoms with van der Waals surface area (Å²) in [5.41, 5.74) is 1.89. The smallest absolute Gasteiger partial charge is 0.263 e. The number of thioether (sulfide) groups is 1. The number of carbonyl (C=O) groups is 1. The van der Waals surface area contributed by atoms with Crippen molar-refractivity contribution in [2.75, 3.05) is 13.2 Å². The molecule has 1 aliphatic rings. The second-order valence-corrected chi connectivity index (χ2v) is 7.66. The number of rotatable bonds is 6. The second-order valence-electron chi connectivity index (χ2n) is 5.53. The van der Waals surface area contributed by atoms with Crippen LogP contribution in [0.15, 0.2) is 47.4 Å². The van der Waals surface area contributed by atoms with Gasteiger partial charge < -0.3 is 14.8 Å². The Bertz CT molecular complexity index is 866. The van der Waals surface area contributed by atoms with E-state index in [0.717, 1.165) is 27.6 Å². The summed E-state index contributed by atoms with van der Waals surface area (Å²) in [6.45, 7) is 2.79. The van der Waals surface area contributed by atoms with Crippen LogP contribution in [-0.4, -0.2) is 23.4 Å². The summed E-state index contributed by atoms with van der Waals surface area (Å²) in [5, 5.41) is 3.32. The van der Waals surface area contributed by atoms with Gasteiger partial charge in [0, 0.05) is 5.02 Å². The number of amides is 1. The van der Waals surface area contributed by atoms with E-state index in [2.05, 4.69) is 5.32 Å². The molecule has 0 bridgehead atoms. The summed E-state index contributed by atoms with van der Waals surface area (Å²) in [4.78, 5) is 12.2. The Morgan fingerprint density at radius 3 is 2.38 bits per heavy atom. The first-order valence-corrected chi connectivity index (χ1v) is 9.48. The van der Waals surface area contributed by atoms with E-state index in [9.17, 15) is 4.79 Å². The lowest BCUT2D eigenvalue weighted by Gasteiger charge is -2.09. The van der Waals surface area contributed by atoms with Crippen molar-refractivity contribution < 1.29 is 14.3 Å². The van der Waals surface area contributed by atoms with Crippen LogP contribution in [0.4, 0.5) is 0 Å². The number of hydrogen-bond donors (Lipinski definition) is 1. The van der Waals surface area contributed by atoms with Gasteiger partial charge >= 0.3 is 0 Å². The number of hydrogen-bond acceptors (Lipinski definition) is 5. The van der Waals surface area contributed by atoms with E-state index in [0.29, 0.717) is 22.4 Å². The molecule has 2 aromatic rings. The zero-order valence-electron chi connectivity index (χ0n) is 14.0. The van der Waals surface area contributed by atoms with Crippen molar-refractivity contribution in [2.24, 2.45) is 0 Å². The van der Waals surface area contributed by atoms with Crippen LogP contribution < -0.4 is 14.8 Å². The van der Waals surface area contributed by atoms with Crippen LogP contribution in [0, 0.1) is 6.92 Å². The largest absolute Gasteiger partial charge is 0.490 e. The Hall–Kier alpha value is -2.02. The molecular weight excluding hydrogens is 390 g/mol. The number of aryl methyl sites for hydroxylation is 1. The van der Waals surface area contributed by atoms with Gasteiger partial charge in [0.2, 0.25) is 0 Å². The van der Waals surface area contributed by atoms with Crippen LogP contribution in [0.3, 0.4) is 0 Å². The normalized spacial score (nSPS) is 15.2. The maximum atomic E-state index is 11.7. The Balaban J connectivity index is 1.48. The molecule has 2 aromatic carbocycles. The van der Waals surface area contributed by atoms with Gasteiger partial charge in [-0.25, -0.2) is 0 Å². The van der Waals surface area contributed by atoms with Gasteiger partial charge in [0.1, 0.15) is 29.0 Å². The molecule has 1 fully saturated rings. The summed E-state index contributed by atoms with van der Waals surface area (Å²) in [7, 11) is 0. The molecule has 0 aromatic heterocycles. The van der Waals surface area contributed by atoms with Gasteiger partial charge in [-0.15, -0.1) is 0 Å². The summed E-state index contributed by atoms with van der Waals surface area (Å²) in [6.07, 6.45) is 1.80. The molecule has 0 radical (unpaired) electrons. The molecule has 1 saturated heterocycles. The standard InChI is InChI=1S/C19H16ClNO3S2/c1-12-10-15(6-7-16(12)20)24-9-8-23-14-4-2-13(3-5-14)11-17-18(22)21-19(25)26-17/h2-7,10-11H,8-9H2,1H3,(H,21,22,25)/b17-11-. The Labute approximate surface area is 166 Å². The quantitative estimate of drug-likeness (QED) is 0.432. The first-order chi connectivity index (χ1) is 12.5. The monoisotopic (exact) mass is 405 g/mol. The fraction of sp³-hybridized carbons (Fsp3) is 0.158. The van der Waals surface area contributed by atoms with Gasteiger partial charge in [0.05, 0.1) is 4.91 Å². The summed E-state index contributed by atoms with van der Waals surface area (Å²) >= 11 is 12.2. The average Bonchev–Trinajstić information content (AvgIpc) is 2.93. The van der Waals surface area contributed by atoms with Crippen LogP contribution in [0.5, 0.6) is 11.5 Å². The van der Waals surface area contributed by atoms with Crippen LogP contribution in [0.1, 0.15) is 11.1 Å². The molecule has 1 aliphatic heterocycles. The predicted molar refractivity (Wildman–Crippen MR) is 110 cm³/mol. The molecule has 0 aliphatic carbocycles. The zero-order valence-corrected chi connectivity index (χ0v) is 16.3. The van der Waals surface area contributed by atoms with Crippen LogP contribution in [-0.2, 0) is 4.79 Å². The van der Waals surface area contributed by atoms with E-state index < -0.39 is 0 Å². The third-order valence-electron chi connectivity index (χ3n) is 3.57. The molecule has 0 unspecified atom stereocenters. The predicted octanol–water partition coefficient (Wildman–Crippen LogP) is 4.60. The molecule has 7 heteroatoms. The summed E-state index contributed by atoms with van der Waals surface area (Å²) < 4.78 is 11.8. The molecule has 1 amide bonds. The lowest BCUT2D eigenvalue weighted by molar-refractivity contribution is -0.115. The number of carbonyl (C=O) groups excluding carboxylic acids is 1. The molecule has 1 N–H and O–H groups in total. The third kappa shape index (κ3) is 5.00. The van der Waals surface area contributed by atoms with Crippen molar-refractivity contribution in [3.8, 4) is 11.5 Å². The van der Waals surface area contributed by atoms with Crippen LogP contribution in [0.25, 0.3) is 6.08 Å². The van der Waals surface area contributed by atoms with Gasteiger partial charge in [-0.3, -0.25) is 4.79 Å². The van der Waals surface area contributed by atoms with E-state index >= 15 is 0 Å². The maximum absolute atomic E-state index is 11.7. The van der Waals surface area contributed by atoms with Gasteiger partial charge in [0.25, 0.3) is 5.91 Å². The fourth-order valence-corrected chi connectivity index (χ4v) is 3.42. The summed E-state index contributed by atoms with van der Waals surface area (Å²) in [6, 6.07) is 13.0. The molecule has 26 heavy (non-hydrogen) atoms. The Kier molecular flexibility index (Phi) is 6.19. The molecule has 4 nitrogen and oxygen atoms in total. The van der Waals surface area contributed by atoms with E-state index in [1.165, 1.54) is 11.8 Å². The highest BCUT2D eigenvalue weighted by Crippen LogP contribution is 2.26. The minimum Gasteiger partial charge on any atom is -0.490 e. The number of ether oxygens (including phenoxy) is 2. The molecule has 134 valence electrons. The fourth-order valence-electron chi connectivity index (χ4n) is 2.26. The minimum absolute atomic E-state index is 0.157. The number of nitrogens with one attached hydrogen (secondary N) is 1. The van der Waals surface area contributed by atoms with Crippen LogP contribution >= 0.6 is 35.6 Å². The van der Waals surface area contributed by atoms with Gasteiger partial charge in [-0.2, -0.15) is 0 Å². The van der Waals surface area contributed by atoms with E-state index in [1.54, 1.807) is 6.08 Å². The topological polar surface area (TPSA) is 47.6 Å². The minimum atomic E-state index is -0.157. The van der Waals surface area contributed by atoms with Gasteiger partial charge in [-0.1, -0.05) is 47.7 Å². The number of thiocarbonyl (C=S) groups is 1. The lowest BCUT2D eigenvalue weighted by atomic mass is 10.2. The van der Waals surface area contributed by atoms with Crippen molar-refractivity contribution in [3.05, 3.63) is 63.5 Å². The summed E-state index contributed by atoms with van der Waals surface area (Å²) in [5.74, 6) is 1.35. The Morgan fingerprint density at radius 1 is 1.12 bits per heavy atom. The van der Waals surface area contributed by atoms with Crippen molar-refractivity contribution in [3.63, 3.8) is 0 Å². The molecule has 3 rings (SSSR count). The first-order valence-electron chi connectivity index (χ1n) is 7.88. The molecule has 0 spiro atoms. The number of benzene rings is 2. The SMILES string of the molecule is Cc1cc(OCCOc2ccc(/C=C3\SC(=S)NC3=O)cc2)ccc1Cl. The number of halogens is 1. The highest BCUT2D eigenvalue weighted by molar-refractivity contribution is 8.26. The highest BCUT2D eigenvalue weighted by Gasteiger charge is 2.21. The van der Waals surface area contributed by atoms with E-state index in [-0.39, 0.29) is 5.91 Å². The zero-order chi connectivity index (χ0) is 18.5. The second kappa shape index (κ2) is 8.58. The van der Waals surface area contributed by atoms with Crippen LogP contribution in [0.2, 0.25) is 5.02 Å². The molecule has 0 saturated carbocycles. The Morgan fingerprint density at radius 2 is 1.77 bits per heavy atom. The van der Waals surface area contributed by atoms with Crippen molar-refractivity contribution in [1.82, 2.24) is 5.32 Å². The van der Waals surface area contributed by atoms with E-state index in [4.69, 9.17) is 33.3 Å².